The number of fused-ring (bicyclic) bond motifs is 8. The van der Waals surface area contributed by atoms with Gasteiger partial charge in [0.2, 0.25) is 0 Å². The Bertz CT molecular complexity index is 2200. The molecule has 1 fully saturated rings. The van der Waals surface area contributed by atoms with Crippen LogP contribution in [0, 0.1) is 31.6 Å². The van der Waals surface area contributed by atoms with Crippen molar-refractivity contribution in [2.45, 2.75) is 59.9 Å². The number of esters is 2. The van der Waals surface area contributed by atoms with Crippen LogP contribution in [0.15, 0.2) is 24.4 Å². The molecule has 6 rings (SSSR count). The molecule has 0 saturated carbocycles. The van der Waals surface area contributed by atoms with Gasteiger partial charge in [0.25, 0.3) is 0 Å². The zero-order chi connectivity index (χ0) is 35.1. The molecule has 4 atom stereocenters. The zero-order valence-electron chi connectivity index (χ0n) is 29.4. The van der Waals surface area contributed by atoms with Gasteiger partial charge in [-0.15, -0.1) is 33.1 Å². The van der Waals surface area contributed by atoms with Crippen LogP contribution < -0.4 is 36.2 Å². The van der Waals surface area contributed by atoms with Gasteiger partial charge in [0.1, 0.15) is 12.5 Å². The number of nitrogens with zero attached hydrogens (tertiary/aromatic N) is 4. The van der Waals surface area contributed by atoms with Gasteiger partial charge in [-0.05, 0) is 56.2 Å². The smallest absolute Gasteiger partial charge is 0.681 e. The molecular formula is C39H40MgN4O6-2. The summed E-state index contributed by atoms with van der Waals surface area (Å²) >= 11 is 0. The number of methoxy groups -OCH3 is 1. The maximum atomic E-state index is 14.1. The molecule has 256 valence electrons. The van der Waals surface area contributed by atoms with Crippen molar-refractivity contribution in [3.05, 3.63) is 95.9 Å². The van der Waals surface area contributed by atoms with Crippen molar-refractivity contribution in [3.8, 4) is 0 Å². The van der Waals surface area contributed by atoms with Gasteiger partial charge >= 0.3 is 35.0 Å². The van der Waals surface area contributed by atoms with E-state index in [1.165, 1.54) is 7.11 Å². The predicted octanol–water partition coefficient (Wildman–Crippen LogP) is 2.35. The fraction of sp³-hybridized carbons (Fsp3) is 0.359. The number of carbonyl (C=O) groups excluding carboxylic acids is 3. The number of aliphatic hydroxyl groups excluding tert-OH is 1. The van der Waals surface area contributed by atoms with Crippen molar-refractivity contribution >= 4 is 76.9 Å². The van der Waals surface area contributed by atoms with Crippen LogP contribution in [0.25, 0.3) is 41.5 Å². The van der Waals surface area contributed by atoms with Crippen molar-refractivity contribution < 1.29 is 29.0 Å². The molecule has 1 saturated heterocycles. The first kappa shape index (κ1) is 36.8. The summed E-state index contributed by atoms with van der Waals surface area (Å²) in [6, 6.07) is -0.639. The number of hydrogen-bond donors (Lipinski definition) is 1. The Hall–Kier alpha value is -4.48. The Morgan fingerprint density at radius 1 is 1.04 bits per heavy atom. The summed E-state index contributed by atoms with van der Waals surface area (Å²) in [6.07, 6.45) is 13.1. The molecule has 0 aromatic carbocycles. The monoisotopic (exact) mass is 684 g/mol. The maximum Gasteiger partial charge on any atom is 2.00 e. The summed E-state index contributed by atoms with van der Waals surface area (Å²) in [5.74, 6) is -3.04. The topological polar surface area (TPSA) is 146 Å². The van der Waals surface area contributed by atoms with Crippen LogP contribution >= 0.6 is 0 Å². The molecule has 3 aromatic heterocycles. The molecule has 0 spiro atoms. The number of ether oxygens (including phenoxy) is 2. The summed E-state index contributed by atoms with van der Waals surface area (Å²) in [5.41, 5.74) is 6.69. The van der Waals surface area contributed by atoms with E-state index in [0.717, 1.165) is 28.6 Å². The number of aliphatic hydroxyl groups is 1. The number of carbonyl (C=O) groups is 3. The molecule has 0 amide bonds. The third-order valence-corrected chi connectivity index (χ3v) is 10.1. The largest absolute Gasteiger partial charge is 2.00 e. The molecule has 5 heterocycles. The van der Waals surface area contributed by atoms with Gasteiger partial charge in [-0.3, -0.25) is 14.4 Å². The van der Waals surface area contributed by atoms with E-state index in [9.17, 15) is 19.5 Å². The molecule has 1 N–H and O–H groups in total. The third kappa shape index (κ3) is 6.10. The van der Waals surface area contributed by atoms with Crippen molar-refractivity contribution in [1.82, 2.24) is 15.0 Å². The van der Waals surface area contributed by atoms with Crippen LogP contribution in [-0.2, 0) is 25.5 Å². The molecule has 10 nitrogen and oxygen atoms in total. The molecular weight excluding hydrogens is 645 g/mol. The Morgan fingerprint density at radius 2 is 1.78 bits per heavy atom. The first-order valence-corrected chi connectivity index (χ1v) is 16.6. The summed E-state index contributed by atoms with van der Waals surface area (Å²) in [7, 11) is 1.27. The van der Waals surface area contributed by atoms with E-state index >= 15 is 0 Å². The van der Waals surface area contributed by atoms with Crippen molar-refractivity contribution in [1.29, 1.82) is 0 Å². The van der Waals surface area contributed by atoms with Crippen LogP contribution in [0.5, 0.6) is 0 Å². The molecule has 8 bridgehead atoms. The second-order valence-corrected chi connectivity index (χ2v) is 12.7. The third-order valence-electron chi connectivity index (χ3n) is 10.1. The summed E-state index contributed by atoms with van der Waals surface area (Å²) in [6.45, 7) is 13.9. The second kappa shape index (κ2) is 14.8. The maximum absolute atomic E-state index is 14.1. The van der Waals surface area contributed by atoms with Crippen LogP contribution in [-0.4, -0.2) is 65.6 Å². The quantitative estimate of drug-likeness (QED) is 0.164. The van der Waals surface area contributed by atoms with E-state index in [4.69, 9.17) is 29.7 Å². The van der Waals surface area contributed by atoms with Gasteiger partial charge in [0.05, 0.1) is 13.4 Å². The molecule has 1 aliphatic carbocycles. The van der Waals surface area contributed by atoms with E-state index in [1.807, 2.05) is 58.9 Å². The van der Waals surface area contributed by atoms with Crippen molar-refractivity contribution in [2.75, 3.05) is 13.7 Å². The molecule has 11 heteroatoms. The van der Waals surface area contributed by atoms with Crippen molar-refractivity contribution in [2.24, 2.45) is 17.8 Å². The summed E-state index contributed by atoms with van der Waals surface area (Å²) in [4.78, 5) is 55.2. The molecule has 3 aliphatic rings. The number of ketones is 1. The average Bonchev–Trinajstić information content (AvgIpc) is 3.84. The van der Waals surface area contributed by atoms with Crippen LogP contribution in [0.1, 0.15) is 83.3 Å². The van der Waals surface area contributed by atoms with Crippen LogP contribution in [0.4, 0.5) is 0 Å². The molecule has 1 unspecified atom stereocenters. The minimum absolute atomic E-state index is 0. The molecule has 50 heavy (non-hydrogen) atoms. The van der Waals surface area contributed by atoms with Gasteiger partial charge in [-0.25, -0.2) is 0 Å². The molecule has 2 aliphatic heterocycles. The van der Waals surface area contributed by atoms with Gasteiger partial charge in [0.15, 0.2) is 5.78 Å². The van der Waals surface area contributed by atoms with Gasteiger partial charge < -0.3 is 34.8 Å². The Balaban J connectivity index is 0.00000486. The first-order valence-electron chi connectivity index (χ1n) is 16.6. The van der Waals surface area contributed by atoms with E-state index in [2.05, 4.69) is 6.58 Å². The second-order valence-electron chi connectivity index (χ2n) is 12.7. The summed E-state index contributed by atoms with van der Waals surface area (Å²) < 4.78 is 10.6. The van der Waals surface area contributed by atoms with Crippen LogP contribution in [0.3, 0.4) is 0 Å². The predicted molar refractivity (Wildman–Crippen MR) is 193 cm³/mol. The van der Waals surface area contributed by atoms with Crippen molar-refractivity contribution in [3.63, 3.8) is 0 Å². The van der Waals surface area contributed by atoms with Gasteiger partial charge in [-0.2, -0.15) is 5.70 Å². The van der Waals surface area contributed by atoms with E-state index < -0.39 is 17.9 Å². The average molecular weight is 685 g/mol. The Labute approximate surface area is 307 Å². The van der Waals surface area contributed by atoms with E-state index in [1.54, 1.807) is 12.2 Å². The minimum atomic E-state index is -1.21. The number of aromatic nitrogens is 3. The normalized spacial score (nSPS) is 23.3. The van der Waals surface area contributed by atoms with Crippen LogP contribution in [0.2, 0.25) is 0 Å². The first-order chi connectivity index (χ1) is 23.6. The number of Topliss-reactive ketones (excluding diaryl/α,β-unsaturated/α-hetero) is 1. The Kier molecular flexibility index (Phi) is 10.9. The molecule has 0 radical (unpaired) electrons. The molecule has 3 aromatic rings. The number of hydrogen-bond acceptors (Lipinski definition) is 6. The van der Waals surface area contributed by atoms with E-state index in [0.29, 0.717) is 67.9 Å². The zero-order valence-corrected chi connectivity index (χ0v) is 30.8. The number of rotatable bonds is 8. The van der Waals surface area contributed by atoms with E-state index in [-0.39, 0.29) is 59.7 Å². The minimum Gasteiger partial charge on any atom is -0.681 e. The SMILES string of the molecule is C=Cc1c2[n-]c(c1C)/C=C1\[N-]C(C3=c4[n-]/c(c(C)c4C(=O)[C@@H]3C(=O)OC)=C\c3[n-]c(/c(=C\O)c3CC)=C\2)[C@@H](CCC(=O)OC/C=C/C)[C@@H]1C.[Mg+2]. The fourth-order valence-corrected chi connectivity index (χ4v) is 7.45. The van der Waals surface area contributed by atoms with Gasteiger partial charge in [-0.1, -0.05) is 85.2 Å². The van der Waals surface area contributed by atoms with Gasteiger partial charge in [0, 0.05) is 12.0 Å². The summed E-state index contributed by atoms with van der Waals surface area (Å²) in [5, 5.41) is 17.6. The Morgan fingerprint density at radius 3 is 2.44 bits per heavy atom. The fourth-order valence-electron chi connectivity index (χ4n) is 7.45. The standard InChI is InChI=1S/C39H40N4O6.Mg/c1-8-11-14-49-32(45)13-12-24-20(5)27-15-26-19(4)22(9-2)29(40-26)17-31-25(18-44)23(10-3)30(41-31)16-28-21(6)33-37(43-28)34(36(24)42-27)35(38(33)46)39(47)48-7;/h8-9,11,15-18,20,24,35-36H,2,10,12-14H2,1,3-7H3,(H,44,46);/q-4;+2/b11-8+,27-15-,31-17-;/t20-,24-,35+,36?;/m0./s1. The number of allylic oxidation sites excluding steroid dienone is 2.